The Labute approximate surface area is 151 Å². The van der Waals surface area contributed by atoms with Crippen LogP contribution in [0.2, 0.25) is 0 Å². The summed E-state index contributed by atoms with van der Waals surface area (Å²) in [6.45, 7) is 8.62. The summed E-state index contributed by atoms with van der Waals surface area (Å²) in [6.07, 6.45) is 4.31. The Morgan fingerprint density at radius 1 is 1.04 bits per heavy atom. The van der Waals surface area contributed by atoms with Crippen molar-refractivity contribution in [1.82, 2.24) is 9.97 Å². The zero-order valence-corrected chi connectivity index (χ0v) is 15.8. The molecule has 0 atom stereocenters. The average Bonchev–Trinajstić information content (AvgIpc) is 3.20. The van der Waals surface area contributed by atoms with Gasteiger partial charge in [0.25, 0.3) is 0 Å². The molecule has 0 aliphatic carbocycles. The molecule has 2 aromatic carbocycles. The number of H-pyrrole nitrogens is 1. The first kappa shape index (κ1) is 15.4. The van der Waals surface area contributed by atoms with Crippen LogP contribution in [-0.2, 0) is 7.05 Å². The largest absolute Gasteiger partial charge is 0.440 e. The van der Waals surface area contributed by atoms with E-state index in [0.717, 1.165) is 22.5 Å². The number of aryl methyl sites for hydroxylation is 3. The van der Waals surface area contributed by atoms with Crippen LogP contribution in [0.5, 0.6) is 0 Å². The molecule has 0 saturated heterocycles. The highest BCUT2D eigenvalue weighted by molar-refractivity contribution is 6.23. The molecule has 0 amide bonds. The highest BCUT2D eigenvalue weighted by Crippen LogP contribution is 2.39. The Kier molecular flexibility index (Phi) is 3.00. The van der Waals surface area contributed by atoms with Crippen LogP contribution < -0.4 is 4.57 Å². The predicted octanol–water partition coefficient (Wildman–Crippen LogP) is 5.18. The molecule has 3 heterocycles. The van der Waals surface area contributed by atoms with E-state index in [2.05, 4.69) is 68.8 Å². The molecule has 5 rings (SSSR count). The van der Waals surface area contributed by atoms with Gasteiger partial charge in [0.2, 0.25) is 0 Å². The fraction of sp³-hybridized carbons (Fsp3) is 0.273. The second-order valence-corrected chi connectivity index (χ2v) is 7.60. The van der Waals surface area contributed by atoms with Crippen molar-refractivity contribution in [2.75, 3.05) is 0 Å². The molecule has 130 valence electrons. The summed E-state index contributed by atoms with van der Waals surface area (Å²) in [5, 5.41) is 5.00. The van der Waals surface area contributed by atoms with Crippen molar-refractivity contribution in [2.24, 2.45) is 7.05 Å². The molecule has 5 aromatic rings. The molecule has 26 heavy (non-hydrogen) atoms. The number of nitrogens with zero attached hydrogens (tertiary/aromatic N) is 2. The zero-order valence-electron chi connectivity index (χ0n) is 15.8. The summed E-state index contributed by atoms with van der Waals surface area (Å²) in [6, 6.07) is 6.33. The Hall–Kier alpha value is -2.88. The van der Waals surface area contributed by atoms with Gasteiger partial charge in [-0.2, -0.15) is 0 Å². The normalized spacial score (nSPS) is 12.4. The Morgan fingerprint density at radius 2 is 1.85 bits per heavy atom. The number of hydrogen-bond acceptors (Lipinski definition) is 2. The fourth-order valence-electron chi connectivity index (χ4n) is 4.09. The minimum atomic E-state index is 0.269. The third kappa shape index (κ3) is 1.90. The van der Waals surface area contributed by atoms with Crippen LogP contribution in [0.4, 0.5) is 0 Å². The minimum absolute atomic E-state index is 0.269. The van der Waals surface area contributed by atoms with Crippen molar-refractivity contribution in [1.29, 1.82) is 0 Å². The fourth-order valence-corrected chi connectivity index (χ4v) is 4.09. The van der Waals surface area contributed by atoms with E-state index in [1.807, 2.05) is 6.07 Å². The zero-order chi connectivity index (χ0) is 18.2. The molecular weight excluding hydrogens is 322 g/mol. The van der Waals surface area contributed by atoms with E-state index in [4.69, 9.17) is 9.40 Å². The number of fused-ring (bicyclic) bond motifs is 6. The molecule has 0 unspecified atom stereocenters. The summed E-state index contributed by atoms with van der Waals surface area (Å²) in [5.41, 5.74) is 6.68. The van der Waals surface area contributed by atoms with Gasteiger partial charge < -0.3 is 9.40 Å². The molecule has 4 nitrogen and oxygen atoms in total. The number of hydrogen-bond donors (Lipinski definition) is 1. The lowest BCUT2D eigenvalue weighted by molar-refractivity contribution is -0.670. The van der Waals surface area contributed by atoms with E-state index in [1.165, 1.54) is 38.2 Å². The molecule has 0 aliphatic rings. The molecule has 4 heteroatoms. The number of oxazole rings is 1. The molecule has 0 fully saturated rings. The highest BCUT2D eigenvalue weighted by Gasteiger charge is 2.20. The van der Waals surface area contributed by atoms with Crippen LogP contribution in [0, 0.1) is 13.8 Å². The average molecular weight is 344 g/mol. The number of nitrogens with one attached hydrogen (secondary N) is 1. The van der Waals surface area contributed by atoms with Gasteiger partial charge in [-0.3, -0.25) is 0 Å². The van der Waals surface area contributed by atoms with Gasteiger partial charge in [-0.15, -0.1) is 0 Å². The first-order chi connectivity index (χ1) is 12.5. The summed E-state index contributed by atoms with van der Waals surface area (Å²) in [7, 11) is 2.07. The van der Waals surface area contributed by atoms with Gasteiger partial charge in [0.15, 0.2) is 23.9 Å². The van der Waals surface area contributed by atoms with Gasteiger partial charge in [-0.05, 0) is 42.5 Å². The smallest absolute Gasteiger partial charge is 0.198 e. The van der Waals surface area contributed by atoms with Crippen LogP contribution >= 0.6 is 0 Å². The van der Waals surface area contributed by atoms with Gasteiger partial charge in [0, 0.05) is 33.7 Å². The van der Waals surface area contributed by atoms with Crippen LogP contribution in [-0.4, -0.2) is 9.97 Å². The Bertz CT molecular complexity index is 1340. The van der Waals surface area contributed by atoms with E-state index < -0.39 is 0 Å². The third-order valence-corrected chi connectivity index (χ3v) is 5.49. The molecule has 0 saturated carbocycles. The number of rotatable bonds is 1. The monoisotopic (exact) mass is 344 g/mol. The maximum absolute atomic E-state index is 6.00. The van der Waals surface area contributed by atoms with Crippen molar-refractivity contribution in [3.63, 3.8) is 0 Å². The van der Waals surface area contributed by atoms with Gasteiger partial charge in [-0.25, -0.2) is 9.55 Å². The van der Waals surface area contributed by atoms with Gasteiger partial charge in [0.1, 0.15) is 12.6 Å². The summed E-state index contributed by atoms with van der Waals surface area (Å²) < 4.78 is 8.11. The van der Waals surface area contributed by atoms with E-state index in [9.17, 15) is 0 Å². The Morgan fingerprint density at radius 3 is 2.62 bits per heavy atom. The van der Waals surface area contributed by atoms with Crippen LogP contribution in [0.15, 0.2) is 35.0 Å². The molecule has 0 spiro atoms. The van der Waals surface area contributed by atoms with Gasteiger partial charge >= 0.3 is 0 Å². The lowest BCUT2D eigenvalue weighted by Crippen LogP contribution is -2.26. The molecule has 0 radical (unpaired) electrons. The van der Waals surface area contributed by atoms with Crippen molar-refractivity contribution < 1.29 is 8.98 Å². The molecule has 0 aliphatic heterocycles. The van der Waals surface area contributed by atoms with Crippen LogP contribution in [0.3, 0.4) is 0 Å². The highest BCUT2D eigenvalue weighted by atomic mass is 16.3. The molecule has 1 N–H and O–H groups in total. The second kappa shape index (κ2) is 5.07. The predicted molar refractivity (Wildman–Crippen MR) is 106 cm³/mol. The summed E-state index contributed by atoms with van der Waals surface area (Å²) in [5.74, 6) is 1.06. The Balaban J connectivity index is 2.05. The molecular formula is C22H22N3O+. The maximum Gasteiger partial charge on any atom is 0.198 e. The van der Waals surface area contributed by atoms with Crippen molar-refractivity contribution >= 4 is 43.7 Å². The second-order valence-electron chi connectivity index (χ2n) is 7.60. The topological polar surface area (TPSA) is 45.7 Å². The van der Waals surface area contributed by atoms with Crippen LogP contribution in [0.1, 0.15) is 36.8 Å². The molecule has 3 aromatic heterocycles. The van der Waals surface area contributed by atoms with E-state index in [-0.39, 0.29) is 5.92 Å². The number of benzene rings is 2. The van der Waals surface area contributed by atoms with Crippen LogP contribution in [0.25, 0.3) is 43.7 Å². The summed E-state index contributed by atoms with van der Waals surface area (Å²) >= 11 is 0. The first-order valence-corrected chi connectivity index (χ1v) is 9.08. The van der Waals surface area contributed by atoms with E-state index in [1.54, 1.807) is 0 Å². The molecule has 0 bridgehead atoms. The van der Waals surface area contributed by atoms with E-state index >= 15 is 0 Å². The lowest BCUT2D eigenvalue weighted by atomic mass is 9.96. The number of aromatic amines is 1. The third-order valence-electron chi connectivity index (χ3n) is 5.49. The van der Waals surface area contributed by atoms with Gasteiger partial charge in [0.05, 0.1) is 5.52 Å². The number of pyridine rings is 1. The van der Waals surface area contributed by atoms with Crippen molar-refractivity contribution in [3.05, 3.63) is 47.6 Å². The standard InChI is InChI=1S/C22H21N3O/c1-11(2)22-24-21-17(26-22)7-6-16-19(21)18-12(3)15-10-25(5)9-8-14(15)13(4)20(18)23-16/h6-11H,1-5H3/p+1. The SMILES string of the molecule is Cc1c2cc[n+](C)cc2c(C)c2c1[nH]c1ccc3oc(C(C)C)nc3c12. The quantitative estimate of drug-likeness (QED) is 0.426. The number of aromatic nitrogens is 3. The maximum atomic E-state index is 6.00. The first-order valence-electron chi connectivity index (χ1n) is 9.08. The summed E-state index contributed by atoms with van der Waals surface area (Å²) in [4.78, 5) is 8.48. The minimum Gasteiger partial charge on any atom is -0.440 e. The van der Waals surface area contributed by atoms with Crippen molar-refractivity contribution in [2.45, 2.75) is 33.6 Å². The van der Waals surface area contributed by atoms with E-state index in [0.29, 0.717) is 0 Å². The van der Waals surface area contributed by atoms with Crippen molar-refractivity contribution in [3.8, 4) is 0 Å². The lowest BCUT2D eigenvalue weighted by Gasteiger charge is -2.07. The van der Waals surface area contributed by atoms with Gasteiger partial charge in [-0.1, -0.05) is 13.8 Å².